The number of carbonyl (C=O) groups is 3. The maximum Gasteiger partial charge on any atom is 0.254 e. The third-order valence-corrected chi connectivity index (χ3v) is 7.31. The van der Waals surface area contributed by atoms with Gasteiger partial charge >= 0.3 is 0 Å². The lowest BCUT2D eigenvalue weighted by atomic mass is 10.1. The smallest absolute Gasteiger partial charge is 0.254 e. The number of rotatable bonds is 9. The van der Waals surface area contributed by atoms with Crippen LogP contribution in [0.2, 0.25) is 5.02 Å². The highest BCUT2D eigenvalue weighted by atomic mass is 35.5. The van der Waals surface area contributed by atoms with Gasteiger partial charge in [0, 0.05) is 48.7 Å². The van der Waals surface area contributed by atoms with Gasteiger partial charge in [-0.15, -0.1) is 11.3 Å². The van der Waals surface area contributed by atoms with Gasteiger partial charge in [0.15, 0.2) is 5.13 Å². The Morgan fingerprint density at radius 1 is 1.08 bits per heavy atom. The number of piperazine rings is 1. The molecule has 3 aromatic rings. The fourth-order valence-corrected chi connectivity index (χ4v) is 5.24. The maximum absolute atomic E-state index is 14.1. The van der Waals surface area contributed by atoms with Gasteiger partial charge in [-0.05, 0) is 42.3 Å². The van der Waals surface area contributed by atoms with Crippen LogP contribution in [0.5, 0.6) is 0 Å². The van der Waals surface area contributed by atoms with E-state index in [0.29, 0.717) is 59.8 Å². The predicted molar refractivity (Wildman–Crippen MR) is 152 cm³/mol. The molecule has 1 aliphatic rings. The molecule has 206 valence electrons. The van der Waals surface area contributed by atoms with Crippen molar-refractivity contribution in [1.29, 1.82) is 0 Å². The van der Waals surface area contributed by atoms with Crippen molar-refractivity contribution in [2.24, 2.45) is 5.92 Å². The first kappa shape index (κ1) is 28.5. The van der Waals surface area contributed by atoms with Gasteiger partial charge in [0.25, 0.3) is 5.91 Å². The number of hydrogen-bond donors (Lipinski definition) is 1. The number of carbonyl (C=O) groups excluding carboxylic acids is 3. The predicted octanol–water partition coefficient (Wildman–Crippen LogP) is 4.56. The second-order valence-electron chi connectivity index (χ2n) is 9.77. The normalized spacial score (nSPS) is 13.5. The van der Waals surface area contributed by atoms with Gasteiger partial charge in [0.1, 0.15) is 12.4 Å². The van der Waals surface area contributed by atoms with E-state index in [1.165, 1.54) is 22.3 Å². The van der Waals surface area contributed by atoms with Gasteiger partial charge in [0.05, 0.1) is 17.8 Å². The fourth-order valence-electron chi connectivity index (χ4n) is 4.38. The van der Waals surface area contributed by atoms with Gasteiger partial charge in [-0.2, -0.15) is 0 Å². The van der Waals surface area contributed by atoms with Gasteiger partial charge in [-0.3, -0.25) is 14.4 Å². The second kappa shape index (κ2) is 13.0. The SMILES string of the molecule is CC(C)CN(CC(=O)Nc1nc(CC(=O)N2CCN(c3ccccc3F)CC2)cs1)C(=O)c1ccc(Cl)cc1. The third kappa shape index (κ3) is 7.77. The third-order valence-electron chi connectivity index (χ3n) is 6.25. The Morgan fingerprint density at radius 3 is 2.44 bits per heavy atom. The monoisotopic (exact) mass is 571 g/mol. The number of nitrogens with one attached hydrogen (secondary N) is 1. The first-order valence-corrected chi connectivity index (χ1v) is 14.0. The van der Waals surface area contributed by atoms with Crippen LogP contribution in [0.25, 0.3) is 0 Å². The molecule has 0 bridgehead atoms. The minimum atomic E-state index is -0.366. The average molecular weight is 572 g/mol. The number of benzene rings is 2. The van der Waals surface area contributed by atoms with Crippen LogP contribution in [0.15, 0.2) is 53.9 Å². The molecule has 0 spiro atoms. The van der Waals surface area contributed by atoms with Crippen LogP contribution in [0.4, 0.5) is 15.2 Å². The first-order valence-electron chi connectivity index (χ1n) is 12.8. The van der Waals surface area contributed by atoms with Gasteiger partial charge in [0.2, 0.25) is 11.8 Å². The lowest BCUT2D eigenvalue weighted by molar-refractivity contribution is -0.130. The standard InChI is InChI=1S/C28H31ClFN5O3S/c1-19(2)16-35(27(38)20-7-9-21(29)10-8-20)17-25(36)32-28-31-22(18-39-28)15-26(37)34-13-11-33(12-14-34)24-6-4-3-5-23(24)30/h3-10,18-19H,11-17H2,1-2H3,(H,31,32,36). The van der Waals surface area contributed by atoms with Crippen molar-refractivity contribution >= 4 is 51.5 Å². The highest BCUT2D eigenvalue weighted by Gasteiger charge is 2.24. The molecule has 39 heavy (non-hydrogen) atoms. The summed E-state index contributed by atoms with van der Waals surface area (Å²) in [6, 6.07) is 13.2. The molecule has 1 N–H and O–H groups in total. The number of amides is 3. The number of halogens is 2. The van der Waals surface area contributed by atoms with Crippen molar-refractivity contribution in [1.82, 2.24) is 14.8 Å². The minimum Gasteiger partial charge on any atom is -0.366 e. The molecule has 1 fully saturated rings. The molecule has 1 aromatic heterocycles. The molecule has 0 radical (unpaired) electrons. The average Bonchev–Trinajstić information content (AvgIpc) is 3.34. The molecule has 3 amide bonds. The summed E-state index contributed by atoms with van der Waals surface area (Å²) in [5, 5.41) is 5.39. The number of para-hydroxylation sites is 1. The zero-order valence-corrected chi connectivity index (χ0v) is 23.5. The van der Waals surface area contributed by atoms with Crippen LogP contribution < -0.4 is 10.2 Å². The second-order valence-corrected chi connectivity index (χ2v) is 11.1. The zero-order valence-electron chi connectivity index (χ0n) is 21.9. The highest BCUT2D eigenvalue weighted by Crippen LogP contribution is 2.21. The van der Waals surface area contributed by atoms with E-state index in [0.717, 1.165) is 0 Å². The lowest BCUT2D eigenvalue weighted by Gasteiger charge is -2.36. The molecule has 2 aromatic carbocycles. The van der Waals surface area contributed by atoms with E-state index in [2.05, 4.69) is 10.3 Å². The number of aromatic nitrogens is 1. The Bertz CT molecular complexity index is 1310. The minimum absolute atomic E-state index is 0.0666. The van der Waals surface area contributed by atoms with Crippen LogP contribution in [0.1, 0.15) is 29.9 Å². The Hall–Kier alpha value is -3.50. The van der Waals surface area contributed by atoms with E-state index >= 15 is 0 Å². The van der Waals surface area contributed by atoms with E-state index in [1.807, 2.05) is 18.7 Å². The van der Waals surface area contributed by atoms with Gasteiger partial charge in [-0.1, -0.05) is 37.6 Å². The summed E-state index contributed by atoms with van der Waals surface area (Å²) in [4.78, 5) is 48.2. The summed E-state index contributed by atoms with van der Waals surface area (Å²) in [6.07, 6.45) is 0.112. The largest absolute Gasteiger partial charge is 0.366 e. The molecule has 1 saturated heterocycles. The Labute approximate surface area is 236 Å². The van der Waals surface area contributed by atoms with E-state index in [1.54, 1.807) is 52.7 Å². The van der Waals surface area contributed by atoms with Crippen LogP contribution in [0.3, 0.4) is 0 Å². The van der Waals surface area contributed by atoms with E-state index in [9.17, 15) is 18.8 Å². The number of hydrogen-bond acceptors (Lipinski definition) is 6. The Kier molecular flexibility index (Phi) is 9.53. The molecule has 4 rings (SSSR count). The number of anilines is 2. The van der Waals surface area contributed by atoms with Crippen molar-refractivity contribution in [3.8, 4) is 0 Å². The summed E-state index contributed by atoms with van der Waals surface area (Å²) in [7, 11) is 0. The number of thiazole rings is 1. The molecule has 8 nitrogen and oxygen atoms in total. The van der Waals surface area contributed by atoms with Crippen molar-refractivity contribution in [3.05, 3.63) is 76.0 Å². The van der Waals surface area contributed by atoms with E-state index in [-0.39, 0.29) is 42.4 Å². The molecule has 0 saturated carbocycles. The first-order chi connectivity index (χ1) is 18.7. The molecule has 0 unspecified atom stereocenters. The van der Waals surface area contributed by atoms with Crippen LogP contribution in [0, 0.1) is 11.7 Å². The molecule has 2 heterocycles. The summed E-state index contributed by atoms with van der Waals surface area (Å²) >= 11 is 7.16. The van der Waals surface area contributed by atoms with Crippen LogP contribution >= 0.6 is 22.9 Å². The van der Waals surface area contributed by atoms with Gasteiger partial charge < -0.3 is 20.0 Å². The Balaban J connectivity index is 1.29. The highest BCUT2D eigenvalue weighted by molar-refractivity contribution is 7.13. The summed E-state index contributed by atoms with van der Waals surface area (Å²) in [5.74, 6) is -0.787. The summed E-state index contributed by atoms with van der Waals surface area (Å²) in [6.45, 7) is 6.33. The molecule has 11 heteroatoms. The number of nitrogens with zero attached hydrogens (tertiary/aromatic N) is 4. The fraction of sp³-hybridized carbons (Fsp3) is 0.357. The molecule has 0 atom stereocenters. The lowest BCUT2D eigenvalue weighted by Crippen LogP contribution is -2.49. The van der Waals surface area contributed by atoms with Crippen molar-refractivity contribution in [2.45, 2.75) is 20.3 Å². The van der Waals surface area contributed by atoms with Crippen molar-refractivity contribution < 1.29 is 18.8 Å². The van der Waals surface area contributed by atoms with Crippen molar-refractivity contribution in [2.75, 3.05) is 49.5 Å². The van der Waals surface area contributed by atoms with Crippen LogP contribution in [-0.2, 0) is 16.0 Å². The zero-order chi connectivity index (χ0) is 27.9. The molecule has 0 aliphatic carbocycles. The topological polar surface area (TPSA) is 85.8 Å². The molecule has 1 aliphatic heterocycles. The molecular weight excluding hydrogens is 541 g/mol. The summed E-state index contributed by atoms with van der Waals surface area (Å²) < 4.78 is 14.1. The van der Waals surface area contributed by atoms with E-state index in [4.69, 9.17) is 11.6 Å². The molecular formula is C28H31ClFN5O3S. The van der Waals surface area contributed by atoms with Crippen molar-refractivity contribution in [3.63, 3.8) is 0 Å². The summed E-state index contributed by atoms with van der Waals surface area (Å²) in [5.41, 5.74) is 1.57. The van der Waals surface area contributed by atoms with E-state index < -0.39 is 0 Å². The Morgan fingerprint density at radius 2 is 1.77 bits per heavy atom. The van der Waals surface area contributed by atoms with Crippen LogP contribution in [-0.4, -0.2) is 71.8 Å². The van der Waals surface area contributed by atoms with Gasteiger partial charge in [-0.25, -0.2) is 9.37 Å². The quantitative estimate of drug-likeness (QED) is 0.407. The maximum atomic E-state index is 14.1.